The Balaban J connectivity index is 1.95. The molecule has 516 valence electrons. The van der Waals surface area contributed by atoms with Gasteiger partial charge in [-0.25, -0.2) is 0 Å². The normalized spacial score (nSPS) is 14.8. The van der Waals surface area contributed by atoms with Crippen LogP contribution in [0.4, 0.5) is 0 Å². The maximum atomic E-state index is 14.7. The predicted molar refractivity (Wildman–Crippen MR) is 357 cm³/mol. The molecule has 0 heterocycles. The van der Waals surface area contributed by atoms with Gasteiger partial charge in [-0.1, -0.05) is 127 Å². The zero-order valence-electron chi connectivity index (χ0n) is 55.2. The van der Waals surface area contributed by atoms with Crippen molar-refractivity contribution in [1.82, 2.24) is 47.9 Å². The molecular weight excluding hydrogens is 1190 g/mol. The van der Waals surface area contributed by atoms with E-state index in [2.05, 4.69) is 47.9 Å². The number of benzene rings is 3. The van der Waals surface area contributed by atoms with Crippen molar-refractivity contribution >= 4 is 59.1 Å². The molecule has 0 radical (unpaired) electrons. The molecule has 26 nitrogen and oxygen atoms in total. The molecule has 0 aliphatic rings. The van der Waals surface area contributed by atoms with Crippen molar-refractivity contribution in [3.8, 4) is 5.75 Å². The molecule has 0 aromatic heterocycles. The molecule has 3 aromatic rings. The molecule has 0 bridgehead atoms. The molecule has 22 N–H and O–H groups in total. The summed E-state index contributed by atoms with van der Waals surface area (Å²) < 4.78 is 0. The van der Waals surface area contributed by atoms with Gasteiger partial charge in [0.25, 0.3) is 0 Å². The Hall–Kier alpha value is -8.04. The second kappa shape index (κ2) is 43.0. The van der Waals surface area contributed by atoms with Crippen LogP contribution in [0.25, 0.3) is 0 Å². The fourth-order valence-electron chi connectivity index (χ4n) is 10.3. The summed E-state index contributed by atoms with van der Waals surface area (Å²) in [7, 11) is 0. The van der Waals surface area contributed by atoms with Crippen molar-refractivity contribution in [2.45, 2.75) is 205 Å². The van der Waals surface area contributed by atoms with Crippen LogP contribution in [0, 0.1) is 17.8 Å². The summed E-state index contributed by atoms with van der Waals surface area (Å²) >= 11 is 0. The van der Waals surface area contributed by atoms with Crippen LogP contribution in [-0.4, -0.2) is 151 Å². The first-order valence-electron chi connectivity index (χ1n) is 32.8. The van der Waals surface area contributed by atoms with Gasteiger partial charge in [-0.15, -0.1) is 0 Å². The minimum atomic E-state index is -1.33. The van der Waals surface area contributed by atoms with E-state index in [1.807, 2.05) is 6.92 Å². The van der Waals surface area contributed by atoms with E-state index in [9.17, 15) is 53.1 Å². The van der Waals surface area contributed by atoms with Gasteiger partial charge in [0.15, 0.2) is 0 Å². The molecular formula is C67H107N15O11. The Kier molecular flexibility index (Phi) is 36.6. The van der Waals surface area contributed by atoms with Crippen molar-refractivity contribution in [3.05, 3.63) is 102 Å². The molecule has 3 aromatic carbocycles. The predicted octanol–water partition coefficient (Wildman–Crippen LogP) is 0.470. The average Bonchev–Trinajstić information content (AvgIpc) is 1.19. The number of nitrogens with two attached hydrogens (primary N) is 6. The molecule has 10 amide bonds. The monoisotopic (exact) mass is 1300 g/mol. The standard InChI is InChI=1S/C67H107N15O11/c1-7-43(6)57(82-64(90)53(40-46-30-32-47(83)33-31-46)77-60(86)50(28-16-20-36-70)75-59(85)48(72)26-14-18-34-68)67(93)76-51(29-17-21-37-71)61(87)80-55(41(2)3)65(91)79-54(39-45-24-12-9-13-25-45)63(89)81-56(42(4)5)66(92)78-52(38-44-22-10-8-11-23-44)62(88)74-49(58(73)84)27-15-19-35-69/h8-13,22-25,30-33,41-43,48-57,83H,7,14-21,26-29,34-40,68-72H2,1-6H3,(H2,73,84)(H,74,88)(H,75,85)(H,76,93)(H,77,86)(H,78,92)(H,79,91)(H,80,87)(H,81,89)(H,82,90)/t43-,48-,49-,50-,51-,52-,53-,54-,55-,56-,57-/m0/s1. The Morgan fingerprint density at radius 2 is 0.667 bits per heavy atom. The molecule has 0 aliphatic carbocycles. The van der Waals surface area contributed by atoms with Gasteiger partial charge in [0.05, 0.1) is 6.04 Å². The maximum absolute atomic E-state index is 14.7. The second-order valence-corrected chi connectivity index (χ2v) is 24.6. The highest BCUT2D eigenvalue weighted by Gasteiger charge is 2.38. The van der Waals surface area contributed by atoms with Crippen molar-refractivity contribution < 1.29 is 53.1 Å². The van der Waals surface area contributed by atoms with Crippen LogP contribution >= 0.6 is 0 Å². The molecule has 0 fully saturated rings. The first-order valence-corrected chi connectivity index (χ1v) is 32.8. The van der Waals surface area contributed by atoms with Crippen LogP contribution in [0.5, 0.6) is 5.75 Å². The highest BCUT2D eigenvalue weighted by Crippen LogP contribution is 2.17. The fraction of sp³-hybridized carbons (Fsp3) is 0.582. The van der Waals surface area contributed by atoms with E-state index in [0.717, 1.165) is 0 Å². The molecule has 0 saturated carbocycles. The lowest BCUT2D eigenvalue weighted by molar-refractivity contribution is -0.137. The SMILES string of the molecule is CC[C@H](C)[C@H](NC(=O)[C@H](Cc1ccc(O)cc1)NC(=O)[C@H](CCCCN)NC(=O)[C@@H](N)CCCCN)C(=O)N[C@@H](CCCCN)C(=O)N[C@H](C(=O)N[C@@H](Cc1ccccc1)C(=O)N[C@H](C(=O)N[C@@H](Cc1ccccc1)C(=O)N[C@@H](CCCCN)C(N)=O)C(C)C)C(C)C. The largest absolute Gasteiger partial charge is 0.508 e. The third kappa shape index (κ3) is 28.8. The molecule has 11 atom stereocenters. The van der Waals surface area contributed by atoms with Crippen molar-refractivity contribution in [3.63, 3.8) is 0 Å². The molecule has 26 heteroatoms. The van der Waals surface area contributed by atoms with Crippen molar-refractivity contribution in [2.75, 3.05) is 26.2 Å². The summed E-state index contributed by atoms with van der Waals surface area (Å²) in [6.45, 7) is 11.7. The van der Waals surface area contributed by atoms with E-state index in [1.165, 1.54) is 12.1 Å². The number of phenolic OH excluding ortho intramolecular Hbond substituents is 1. The number of unbranched alkanes of at least 4 members (excludes halogenated alkanes) is 4. The lowest BCUT2D eigenvalue weighted by Gasteiger charge is -2.31. The minimum Gasteiger partial charge on any atom is -0.508 e. The lowest BCUT2D eigenvalue weighted by atomic mass is 9.96. The number of primary amides is 1. The summed E-state index contributed by atoms with van der Waals surface area (Å²) in [6, 6.07) is 11.6. The van der Waals surface area contributed by atoms with Gasteiger partial charge in [0.2, 0.25) is 59.1 Å². The molecule has 0 unspecified atom stereocenters. The Bertz CT molecular complexity index is 2800. The smallest absolute Gasteiger partial charge is 0.243 e. The third-order valence-corrected chi connectivity index (χ3v) is 16.2. The summed E-state index contributed by atoms with van der Waals surface area (Å²) in [6.07, 6.45) is 5.19. The van der Waals surface area contributed by atoms with Crippen LogP contribution in [0.15, 0.2) is 84.9 Å². The number of hydrogen-bond donors (Lipinski definition) is 16. The van der Waals surface area contributed by atoms with Crippen LogP contribution in [0.1, 0.15) is 142 Å². The molecule has 93 heavy (non-hydrogen) atoms. The van der Waals surface area contributed by atoms with E-state index in [1.54, 1.807) is 107 Å². The van der Waals surface area contributed by atoms with Crippen LogP contribution < -0.4 is 82.3 Å². The first kappa shape index (κ1) is 79.2. The number of rotatable bonds is 45. The van der Waals surface area contributed by atoms with Crippen molar-refractivity contribution in [2.24, 2.45) is 52.2 Å². The second-order valence-electron chi connectivity index (χ2n) is 24.6. The van der Waals surface area contributed by atoms with Crippen molar-refractivity contribution in [1.29, 1.82) is 0 Å². The zero-order chi connectivity index (χ0) is 69.0. The van der Waals surface area contributed by atoms with E-state index in [0.29, 0.717) is 101 Å². The molecule has 0 spiro atoms. The van der Waals surface area contributed by atoms with Gasteiger partial charge >= 0.3 is 0 Å². The Morgan fingerprint density at radius 1 is 0.366 bits per heavy atom. The highest BCUT2D eigenvalue weighted by molar-refractivity contribution is 5.99. The van der Waals surface area contributed by atoms with E-state index in [-0.39, 0.29) is 50.8 Å². The Labute approximate surface area is 548 Å². The number of hydrogen-bond acceptors (Lipinski definition) is 16. The quantitative estimate of drug-likeness (QED) is 0.0342. The van der Waals surface area contributed by atoms with Gasteiger partial charge in [0.1, 0.15) is 60.1 Å². The van der Waals surface area contributed by atoms with Crippen LogP contribution in [0.3, 0.4) is 0 Å². The molecule has 3 rings (SSSR count). The fourth-order valence-corrected chi connectivity index (χ4v) is 10.3. The number of carbonyl (C=O) groups excluding carboxylic acids is 10. The first-order chi connectivity index (χ1) is 44.4. The van der Waals surface area contributed by atoms with Crippen LogP contribution in [-0.2, 0) is 67.2 Å². The zero-order valence-corrected chi connectivity index (χ0v) is 55.2. The van der Waals surface area contributed by atoms with E-state index in [4.69, 9.17) is 34.4 Å². The third-order valence-electron chi connectivity index (χ3n) is 16.2. The number of aromatic hydroxyl groups is 1. The average molecular weight is 1300 g/mol. The highest BCUT2D eigenvalue weighted by atomic mass is 16.3. The lowest BCUT2D eigenvalue weighted by Crippen LogP contribution is -2.62. The molecule has 0 saturated heterocycles. The van der Waals surface area contributed by atoms with Crippen LogP contribution in [0.2, 0.25) is 0 Å². The van der Waals surface area contributed by atoms with Gasteiger partial charge in [-0.05, 0) is 143 Å². The van der Waals surface area contributed by atoms with Gasteiger partial charge in [0, 0.05) is 19.3 Å². The topological polar surface area (TPSA) is 455 Å². The summed E-state index contributed by atoms with van der Waals surface area (Å²) in [4.78, 5) is 142. The summed E-state index contributed by atoms with van der Waals surface area (Å²) in [5.41, 5.74) is 36.7. The number of phenols is 1. The minimum absolute atomic E-state index is 0.0202. The maximum Gasteiger partial charge on any atom is 0.243 e. The summed E-state index contributed by atoms with van der Waals surface area (Å²) in [5.74, 6) is -8.95. The number of carbonyl (C=O) groups is 10. The van der Waals surface area contributed by atoms with Gasteiger partial charge in [-0.3, -0.25) is 47.9 Å². The number of nitrogens with one attached hydrogen (secondary N) is 9. The molecule has 0 aliphatic heterocycles. The number of amides is 10. The van der Waals surface area contributed by atoms with E-state index < -0.39 is 137 Å². The van der Waals surface area contributed by atoms with Gasteiger partial charge in [-0.2, -0.15) is 0 Å². The van der Waals surface area contributed by atoms with E-state index >= 15 is 0 Å². The van der Waals surface area contributed by atoms with Gasteiger partial charge < -0.3 is 87.4 Å². The summed E-state index contributed by atoms with van der Waals surface area (Å²) in [5, 5.41) is 35.2. The Morgan fingerprint density at radius 3 is 1.05 bits per heavy atom.